The lowest BCUT2D eigenvalue weighted by Crippen LogP contribution is -2.03. The van der Waals surface area contributed by atoms with E-state index in [0.29, 0.717) is 23.4 Å². The van der Waals surface area contributed by atoms with Crippen LogP contribution in [0.4, 0.5) is 10.1 Å². The predicted octanol–water partition coefficient (Wildman–Crippen LogP) is 4.83. The number of halogens is 3. The Morgan fingerprint density at radius 2 is 2.00 bits per heavy atom. The van der Waals surface area contributed by atoms with Gasteiger partial charge in [0.2, 0.25) is 0 Å². The zero-order valence-corrected chi connectivity index (χ0v) is 12.9. The van der Waals surface area contributed by atoms with E-state index in [1.54, 1.807) is 24.3 Å². The van der Waals surface area contributed by atoms with Crippen LogP contribution < -0.4 is 5.32 Å². The molecule has 0 radical (unpaired) electrons. The highest BCUT2D eigenvalue weighted by molar-refractivity contribution is 9.10. The molecule has 0 aliphatic rings. The van der Waals surface area contributed by atoms with Crippen molar-refractivity contribution in [2.45, 2.75) is 6.54 Å². The lowest BCUT2D eigenvalue weighted by molar-refractivity contribution is 0.612. The van der Waals surface area contributed by atoms with Crippen LogP contribution in [-0.2, 0) is 6.54 Å². The fourth-order valence-electron chi connectivity index (χ4n) is 1.65. The third-order valence-corrected chi connectivity index (χ3v) is 3.76. The normalized spacial score (nSPS) is 10.0. The molecule has 0 fully saturated rings. The third kappa shape index (κ3) is 3.34. The number of nitrogens with zero attached hydrogens (tertiary/aromatic N) is 1. The Morgan fingerprint density at radius 1 is 1.21 bits per heavy atom. The van der Waals surface area contributed by atoms with Gasteiger partial charge in [0.25, 0.3) is 0 Å². The topological polar surface area (TPSA) is 35.8 Å². The predicted molar refractivity (Wildman–Crippen MR) is 80.3 cm³/mol. The van der Waals surface area contributed by atoms with Crippen molar-refractivity contribution in [2.24, 2.45) is 0 Å². The molecule has 0 bridgehead atoms. The summed E-state index contributed by atoms with van der Waals surface area (Å²) in [6.07, 6.45) is 0. The Bertz CT molecular complexity index is 650. The fraction of sp³-hybridized carbons (Fsp3) is 0.0714. The summed E-state index contributed by atoms with van der Waals surface area (Å²) in [5.41, 5.74) is 1.73. The molecule has 1 N–H and O–H groups in total. The van der Waals surface area contributed by atoms with Gasteiger partial charge in [0.05, 0.1) is 11.3 Å². The molecule has 2 aromatic rings. The Hall–Kier alpha value is -1.38. The lowest BCUT2D eigenvalue weighted by Gasteiger charge is -2.10. The minimum Gasteiger partial charge on any atom is -0.380 e. The van der Waals surface area contributed by atoms with Crippen molar-refractivity contribution in [2.75, 3.05) is 5.32 Å². The molecular weight excluding hydrogens is 375 g/mol. The van der Waals surface area contributed by atoms with E-state index in [1.807, 2.05) is 6.07 Å². The Labute approximate surface area is 127 Å². The molecule has 2 aromatic carbocycles. The Kier molecular flexibility index (Phi) is 4.56. The molecule has 2 rings (SSSR count). The summed E-state index contributed by atoms with van der Waals surface area (Å²) in [5, 5.41) is 12.2. The average molecular weight is 384 g/mol. The number of hydrogen-bond donors (Lipinski definition) is 1. The van der Waals surface area contributed by atoms with Crippen LogP contribution in [0.15, 0.2) is 45.3 Å². The van der Waals surface area contributed by atoms with E-state index in [1.165, 1.54) is 6.07 Å². The van der Waals surface area contributed by atoms with E-state index in [2.05, 4.69) is 43.2 Å². The maximum absolute atomic E-state index is 13.6. The molecule has 0 atom stereocenters. The van der Waals surface area contributed by atoms with Crippen LogP contribution in [0.3, 0.4) is 0 Å². The monoisotopic (exact) mass is 382 g/mol. The molecule has 0 aliphatic carbocycles. The van der Waals surface area contributed by atoms with E-state index in [-0.39, 0.29) is 5.82 Å². The highest BCUT2D eigenvalue weighted by atomic mass is 79.9. The summed E-state index contributed by atoms with van der Waals surface area (Å²) in [6.45, 7) is 0.316. The molecule has 5 heteroatoms. The van der Waals surface area contributed by atoms with Gasteiger partial charge in [-0.1, -0.05) is 22.0 Å². The molecule has 2 nitrogen and oxygen atoms in total. The van der Waals surface area contributed by atoms with Gasteiger partial charge < -0.3 is 5.32 Å². The van der Waals surface area contributed by atoms with Crippen LogP contribution in [0.5, 0.6) is 0 Å². The number of benzene rings is 2. The number of nitriles is 1. The summed E-state index contributed by atoms with van der Waals surface area (Å²) >= 11 is 6.62. The number of rotatable bonds is 3. The molecule has 0 aromatic heterocycles. The summed E-state index contributed by atoms with van der Waals surface area (Å²) in [4.78, 5) is 0. The maximum Gasteiger partial charge on any atom is 0.128 e. The second-order valence-electron chi connectivity index (χ2n) is 3.86. The first-order valence-electron chi connectivity index (χ1n) is 5.48. The molecule has 0 saturated heterocycles. The van der Waals surface area contributed by atoms with Crippen LogP contribution >= 0.6 is 31.9 Å². The van der Waals surface area contributed by atoms with Crippen molar-refractivity contribution in [3.05, 3.63) is 62.3 Å². The molecule has 0 amide bonds. The van der Waals surface area contributed by atoms with Gasteiger partial charge in [-0.2, -0.15) is 5.26 Å². The summed E-state index contributed by atoms with van der Waals surface area (Å²) in [6, 6.07) is 12.3. The zero-order chi connectivity index (χ0) is 13.8. The van der Waals surface area contributed by atoms with Crippen LogP contribution in [0.1, 0.15) is 11.1 Å². The van der Waals surface area contributed by atoms with Crippen LogP contribution in [0, 0.1) is 17.1 Å². The van der Waals surface area contributed by atoms with Crippen LogP contribution in [0.2, 0.25) is 0 Å². The minimum absolute atomic E-state index is 0.274. The van der Waals surface area contributed by atoms with Gasteiger partial charge in [0, 0.05) is 21.1 Å². The van der Waals surface area contributed by atoms with E-state index in [4.69, 9.17) is 5.26 Å². The molecule has 0 unspecified atom stereocenters. The van der Waals surface area contributed by atoms with Crippen molar-refractivity contribution in [3.8, 4) is 6.07 Å². The van der Waals surface area contributed by atoms with Gasteiger partial charge in [-0.3, -0.25) is 0 Å². The highest BCUT2D eigenvalue weighted by Crippen LogP contribution is 2.25. The van der Waals surface area contributed by atoms with E-state index in [0.717, 1.165) is 8.95 Å². The number of hydrogen-bond acceptors (Lipinski definition) is 2. The van der Waals surface area contributed by atoms with Gasteiger partial charge in [-0.15, -0.1) is 0 Å². The zero-order valence-electron chi connectivity index (χ0n) is 9.75. The standard InChI is InChI=1S/C14H9Br2FN2/c15-10-4-5-13(17)9(6-10)8-19-14-3-1-2-12(16)11(14)7-18/h1-6,19H,8H2. The van der Waals surface area contributed by atoms with Crippen molar-refractivity contribution in [3.63, 3.8) is 0 Å². The fourth-order valence-corrected chi connectivity index (χ4v) is 2.52. The van der Waals surface area contributed by atoms with E-state index in [9.17, 15) is 4.39 Å². The number of nitrogens with one attached hydrogen (secondary N) is 1. The Balaban J connectivity index is 2.22. The van der Waals surface area contributed by atoms with Crippen molar-refractivity contribution in [1.82, 2.24) is 0 Å². The number of anilines is 1. The van der Waals surface area contributed by atoms with Crippen molar-refractivity contribution in [1.29, 1.82) is 5.26 Å². The van der Waals surface area contributed by atoms with Gasteiger partial charge in [-0.25, -0.2) is 4.39 Å². The average Bonchev–Trinajstić information content (AvgIpc) is 2.40. The van der Waals surface area contributed by atoms with Gasteiger partial charge >= 0.3 is 0 Å². The highest BCUT2D eigenvalue weighted by Gasteiger charge is 2.07. The molecule has 0 spiro atoms. The van der Waals surface area contributed by atoms with Crippen LogP contribution in [-0.4, -0.2) is 0 Å². The second kappa shape index (κ2) is 6.18. The smallest absolute Gasteiger partial charge is 0.128 e. The van der Waals surface area contributed by atoms with Crippen molar-refractivity contribution < 1.29 is 4.39 Å². The maximum atomic E-state index is 13.6. The molecule has 0 saturated carbocycles. The molecule has 0 aliphatic heterocycles. The van der Waals surface area contributed by atoms with Crippen LogP contribution in [0.25, 0.3) is 0 Å². The quantitative estimate of drug-likeness (QED) is 0.823. The van der Waals surface area contributed by atoms with Gasteiger partial charge in [0.1, 0.15) is 11.9 Å². The summed E-state index contributed by atoms with van der Waals surface area (Å²) in [7, 11) is 0. The first kappa shape index (κ1) is 14.0. The summed E-state index contributed by atoms with van der Waals surface area (Å²) in [5.74, 6) is -0.274. The van der Waals surface area contributed by atoms with Gasteiger partial charge in [0.15, 0.2) is 0 Å². The molecular formula is C14H9Br2FN2. The lowest BCUT2D eigenvalue weighted by atomic mass is 10.1. The Morgan fingerprint density at radius 3 is 2.74 bits per heavy atom. The molecule has 19 heavy (non-hydrogen) atoms. The largest absolute Gasteiger partial charge is 0.380 e. The molecule has 0 heterocycles. The SMILES string of the molecule is N#Cc1c(Br)cccc1NCc1cc(Br)ccc1F. The van der Waals surface area contributed by atoms with E-state index >= 15 is 0 Å². The second-order valence-corrected chi connectivity index (χ2v) is 5.63. The minimum atomic E-state index is -0.274. The third-order valence-electron chi connectivity index (χ3n) is 2.60. The summed E-state index contributed by atoms with van der Waals surface area (Å²) < 4.78 is 15.1. The van der Waals surface area contributed by atoms with Gasteiger partial charge in [-0.05, 0) is 46.3 Å². The van der Waals surface area contributed by atoms with Crippen molar-refractivity contribution >= 4 is 37.5 Å². The molecule has 96 valence electrons. The first-order valence-corrected chi connectivity index (χ1v) is 7.07. The first-order chi connectivity index (χ1) is 9.11. The van der Waals surface area contributed by atoms with E-state index < -0.39 is 0 Å².